The number of carbonyl (C=O) groups is 1. The van der Waals surface area contributed by atoms with Gasteiger partial charge < -0.3 is 20.8 Å². The summed E-state index contributed by atoms with van der Waals surface area (Å²) in [6.45, 7) is 0.511. The number of phenols is 2. The largest absolute Gasteiger partial charge is 0.504 e. The van der Waals surface area contributed by atoms with Gasteiger partial charge in [0.05, 0.1) is 5.56 Å². The Labute approximate surface area is 115 Å². The average molecular weight is 270 g/mol. The lowest BCUT2D eigenvalue weighted by Gasteiger charge is -2.18. The molecule has 5 heteroatoms. The normalized spacial score (nSPS) is 13.3. The zero-order valence-corrected chi connectivity index (χ0v) is 10.7. The fourth-order valence-corrected chi connectivity index (χ4v) is 2.52. The van der Waals surface area contributed by atoms with Crippen molar-refractivity contribution in [2.45, 2.75) is 6.42 Å². The molecule has 0 aromatic heterocycles. The van der Waals surface area contributed by atoms with Crippen molar-refractivity contribution < 1.29 is 15.0 Å². The molecule has 5 nitrogen and oxygen atoms in total. The van der Waals surface area contributed by atoms with Gasteiger partial charge in [-0.25, -0.2) is 0 Å². The smallest absolute Gasteiger partial charge is 0.262 e. The number of nitrogen functional groups attached to an aromatic ring is 1. The second kappa shape index (κ2) is 4.45. The van der Waals surface area contributed by atoms with Crippen molar-refractivity contribution in [3.63, 3.8) is 0 Å². The van der Waals surface area contributed by atoms with E-state index in [4.69, 9.17) is 5.73 Å². The number of carbonyl (C=O) groups excluding carboxylic acids is 1. The zero-order chi connectivity index (χ0) is 14.3. The standard InChI is InChI=1S/C15H14N2O3/c16-11-4-2-5-12-9(11)7-8-17(12)15(20)10-3-1-6-13(18)14(10)19/h1-6,18-19H,7-8,16H2. The lowest BCUT2D eigenvalue weighted by atomic mass is 10.1. The Balaban J connectivity index is 2.02. The number of hydrogen-bond acceptors (Lipinski definition) is 4. The maximum Gasteiger partial charge on any atom is 0.262 e. The summed E-state index contributed by atoms with van der Waals surface area (Å²) in [6.07, 6.45) is 0.688. The van der Waals surface area contributed by atoms with Crippen molar-refractivity contribution in [1.29, 1.82) is 0 Å². The Bertz CT molecular complexity index is 698. The molecule has 2 aromatic rings. The second-order valence-corrected chi connectivity index (χ2v) is 4.73. The number of phenolic OH excluding ortho intramolecular Hbond substituents is 2. The number of anilines is 2. The molecular weight excluding hydrogens is 256 g/mol. The number of amides is 1. The van der Waals surface area contributed by atoms with Crippen LogP contribution in [0.2, 0.25) is 0 Å². The van der Waals surface area contributed by atoms with Crippen LogP contribution in [0.1, 0.15) is 15.9 Å². The van der Waals surface area contributed by atoms with E-state index in [9.17, 15) is 15.0 Å². The molecule has 1 aliphatic rings. The van der Waals surface area contributed by atoms with E-state index in [1.807, 2.05) is 6.07 Å². The van der Waals surface area contributed by atoms with Crippen LogP contribution in [0.3, 0.4) is 0 Å². The predicted octanol–water partition coefficient (Wildman–Crippen LogP) is 1.88. The van der Waals surface area contributed by atoms with Gasteiger partial charge in [0.15, 0.2) is 11.5 Å². The van der Waals surface area contributed by atoms with Crippen LogP contribution in [-0.2, 0) is 6.42 Å². The van der Waals surface area contributed by atoms with Crippen LogP contribution in [0, 0.1) is 0 Å². The molecule has 1 amide bonds. The highest BCUT2D eigenvalue weighted by Crippen LogP contribution is 2.35. The van der Waals surface area contributed by atoms with Crippen LogP contribution in [0.5, 0.6) is 11.5 Å². The Morgan fingerprint density at radius 2 is 1.90 bits per heavy atom. The van der Waals surface area contributed by atoms with Gasteiger partial charge in [-0.15, -0.1) is 0 Å². The molecule has 20 heavy (non-hydrogen) atoms. The molecular formula is C15H14N2O3. The van der Waals surface area contributed by atoms with Crippen LogP contribution in [-0.4, -0.2) is 22.7 Å². The zero-order valence-electron chi connectivity index (χ0n) is 10.7. The number of nitrogens with two attached hydrogens (primary N) is 1. The van der Waals surface area contributed by atoms with Gasteiger partial charge in [0.1, 0.15) is 0 Å². The third kappa shape index (κ3) is 1.75. The first-order valence-electron chi connectivity index (χ1n) is 6.30. The fraction of sp³-hybridized carbons (Fsp3) is 0.133. The van der Waals surface area contributed by atoms with E-state index >= 15 is 0 Å². The summed E-state index contributed by atoms with van der Waals surface area (Å²) in [5, 5.41) is 19.3. The average Bonchev–Trinajstić information content (AvgIpc) is 2.86. The van der Waals surface area contributed by atoms with Crippen molar-refractivity contribution in [1.82, 2.24) is 0 Å². The summed E-state index contributed by atoms with van der Waals surface area (Å²) in [7, 11) is 0. The van der Waals surface area contributed by atoms with Crippen molar-refractivity contribution in [3.8, 4) is 11.5 Å². The molecule has 0 saturated carbocycles. The van der Waals surface area contributed by atoms with Gasteiger partial charge in [-0.1, -0.05) is 12.1 Å². The molecule has 0 atom stereocenters. The van der Waals surface area contributed by atoms with Crippen LogP contribution in [0.4, 0.5) is 11.4 Å². The molecule has 1 aliphatic heterocycles. The molecule has 0 saturated heterocycles. The van der Waals surface area contributed by atoms with Gasteiger partial charge in [-0.3, -0.25) is 4.79 Å². The van der Waals surface area contributed by atoms with Crippen LogP contribution in [0.25, 0.3) is 0 Å². The Hall–Kier alpha value is -2.69. The minimum absolute atomic E-state index is 0.0836. The van der Waals surface area contributed by atoms with Crippen LogP contribution < -0.4 is 10.6 Å². The number of nitrogens with zero attached hydrogens (tertiary/aromatic N) is 1. The van der Waals surface area contributed by atoms with E-state index in [2.05, 4.69) is 0 Å². The summed E-state index contributed by atoms with van der Waals surface area (Å²) in [6, 6.07) is 9.78. The molecule has 0 bridgehead atoms. The number of rotatable bonds is 1. The minimum Gasteiger partial charge on any atom is -0.504 e. The van der Waals surface area contributed by atoms with E-state index in [-0.39, 0.29) is 17.2 Å². The van der Waals surface area contributed by atoms with Crippen molar-refractivity contribution in [2.24, 2.45) is 0 Å². The van der Waals surface area contributed by atoms with E-state index in [1.165, 1.54) is 18.2 Å². The third-order valence-corrected chi connectivity index (χ3v) is 3.55. The first-order chi connectivity index (χ1) is 9.59. The molecule has 0 spiro atoms. The highest BCUT2D eigenvalue weighted by molar-refractivity contribution is 6.09. The summed E-state index contributed by atoms with van der Waals surface area (Å²) >= 11 is 0. The molecule has 0 fully saturated rings. The van der Waals surface area contributed by atoms with E-state index < -0.39 is 5.75 Å². The van der Waals surface area contributed by atoms with Gasteiger partial charge in [0.2, 0.25) is 0 Å². The molecule has 0 unspecified atom stereocenters. The van der Waals surface area contributed by atoms with Gasteiger partial charge in [0.25, 0.3) is 5.91 Å². The number of hydrogen-bond donors (Lipinski definition) is 3. The summed E-state index contributed by atoms with van der Waals surface area (Å²) in [5.41, 5.74) is 8.35. The molecule has 3 rings (SSSR count). The predicted molar refractivity (Wildman–Crippen MR) is 76.0 cm³/mol. The maximum atomic E-state index is 12.5. The third-order valence-electron chi connectivity index (χ3n) is 3.55. The number of fused-ring (bicyclic) bond motifs is 1. The first-order valence-corrected chi connectivity index (χ1v) is 6.30. The molecule has 4 N–H and O–H groups in total. The topological polar surface area (TPSA) is 86.8 Å². The maximum absolute atomic E-state index is 12.5. The molecule has 102 valence electrons. The number of para-hydroxylation sites is 1. The van der Waals surface area contributed by atoms with Gasteiger partial charge in [-0.05, 0) is 30.7 Å². The minimum atomic E-state index is -0.394. The first kappa shape index (κ1) is 12.3. The second-order valence-electron chi connectivity index (χ2n) is 4.73. The van der Waals surface area contributed by atoms with E-state index in [0.29, 0.717) is 18.7 Å². The van der Waals surface area contributed by atoms with Crippen molar-refractivity contribution >= 4 is 17.3 Å². The van der Waals surface area contributed by atoms with Gasteiger partial charge in [-0.2, -0.15) is 0 Å². The lowest BCUT2D eigenvalue weighted by molar-refractivity contribution is 0.0986. The van der Waals surface area contributed by atoms with Crippen LogP contribution >= 0.6 is 0 Å². The Kier molecular flexibility index (Phi) is 2.75. The van der Waals surface area contributed by atoms with Gasteiger partial charge in [0, 0.05) is 23.5 Å². The number of aromatic hydroxyl groups is 2. The van der Waals surface area contributed by atoms with E-state index in [1.54, 1.807) is 17.0 Å². The molecule has 2 aromatic carbocycles. The van der Waals surface area contributed by atoms with Crippen molar-refractivity contribution in [2.75, 3.05) is 17.2 Å². The fourth-order valence-electron chi connectivity index (χ4n) is 2.52. The molecule has 1 heterocycles. The SMILES string of the molecule is Nc1cccc2c1CCN2C(=O)c1cccc(O)c1O. The van der Waals surface area contributed by atoms with Gasteiger partial charge >= 0.3 is 0 Å². The summed E-state index contributed by atoms with van der Waals surface area (Å²) in [5.74, 6) is -1.04. The quantitative estimate of drug-likeness (QED) is 0.545. The number of benzene rings is 2. The van der Waals surface area contributed by atoms with Crippen LogP contribution in [0.15, 0.2) is 36.4 Å². The highest BCUT2D eigenvalue weighted by atomic mass is 16.3. The Morgan fingerprint density at radius 1 is 1.15 bits per heavy atom. The Morgan fingerprint density at radius 3 is 2.70 bits per heavy atom. The summed E-state index contributed by atoms with van der Waals surface area (Å²) in [4.78, 5) is 14.1. The highest BCUT2D eigenvalue weighted by Gasteiger charge is 2.28. The van der Waals surface area contributed by atoms with E-state index in [0.717, 1.165) is 11.3 Å². The molecule has 0 aliphatic carbocycles. The van der Waals surface area contributed by atoms with Crippen molar-refractivity contribution in [3.05, 3.63) is 47.5 Å². The summed E-state index contributed by atoms with van der Waals surface area (Å²) < 4.78 is 0. The monoisotopic (exact) mass is 270 g/mol. The lowest BCUT2D eigenvalue weighted by Crippen LogP contribution is -2.28. The molecule has 0 radical (unpaired) electrons.